The first-order valence-electron chi connectivity index (χ1n) is 6.27. The van der Waals surface area contributed by atoms with Gasteiger partial charge in [0.1, 0.15) is 13.2 Å². The van der Waals surface area contributed by atoms with E-state index in [1.165, 1.54) is 0 Å². The molecule has 0 bridgehead atoms. The number of benzene rings is 1. The lowest BCUT2D eigenvalue weighted by atomic mass is 9.99. The molecule has 0 amide bonds. The molecule has 5 heteroatoms. The number of aromatic nitrogens is 2. The fourth-order valence-electron chi connectivity index (χ4n) is 2.43. The Hall–Kier alpha value is -2.17. The number of hydrogen-bond acceptors (Lipinski definition) is 4. The van der Waals surface area contributed by atoms with Crippen LogP contribution < -0.4 is 15.2 Å². The predicted molar refractivity (Wildman–Crippen MR) is 73.5 cm³/mol. The zero-order valence-electron chi connectivity index (χ0n) is 11.4. The Balaban J connectivity index is 2.20. The number of nitrogens with zero attached hydrogens (tertiary/aromatic N) is 2. The van der Waals surface area contributed by atoms with Crippen LogP contribution >= 0.6 is 0 Å². The van der Waals surface area contributed by atoms with Crippen molar-refractivity contribution in [2.24, 2.45) is 7.05 Å². The maximum Gasteiger partial charge on any atom is 0.162 e. The van der Waals surface area contributed by atoms with Crippen LogP contribution in [0.1, 0.15) is 11.3 Å². The number of nitrogens with two attached hydrogens (primary N) is 1. The number of nitrogen functional groups attached to an aromatic ring is 1. The van der Waals surface area contributed by atoms with Crippen molar-refractivity contribution >= 4 is 5.82 Å². The molecule has 0 spiro atoms. The van der Waals surface area contributed by atoms with E-state index in [9.17, 15) is 0 Å². The van der Waals surface area contributed by atoms with E-state index in [2.05, 4.69) is 5.10 Å². The molecule has 0 saturated carbocycles. The molecule has 5 nitrogen and oxygen atoms in total. The van der Waals surface area contributed by atoms with E-state index in [0.717, 1.165) is 33.9 Å². The lowest BCUT2D eigenvalue weighted by Crippen LogP contribution is -2.15. The Kier molecular flexibility index (Phi) is 2.62. The molecule has 0 atom stereocenters. The van der Waals surface area contributed by atoms with E-state index < -0.39 is 0 Å². The van der Waals surface area contributed by atoms with Crippen molar-refractivity contribution in [3.63, 3.8) is 0 Å². The van der Waals surface area contributed by atoms with Crippen LogP contribution in [-0.2, 0) is 7.05 Å². The van der Waals surface area contributed by atoms with Crippen molar-refractivity contribution in [3.8, 4) is 22.6 Å². The van der Waals surface area contributed by atoms with Gasteiger partial charge in [0.25, 0.3) is 0 Å². The van der Waals surface area contributed by atoms with Gasteiger partial charge in [0.2, 0.25) is 0 Å². The maximum absolute atomic E-state index is 6.02. The molecule has 1 aromatic carbocycles. The molecule has 1 aromatic heterocycles. The van der Waals surface area contributed by atoms with E-state index in [1.807, 2.05) is 33.0 Å². The number of fused-ring (bicyclic) bond motifs is 1. The Morgan fingerprint density at radius 1 is 1.16 bits per heavy atom. The van der Waals surface area contributed by atoms with Gasteiger partial charge < -0.3 is 15.2 Å². The Labute approximate surface area is 111 Å². The molecule has 0 unspecified atom stereocenters. The van der Waals surface area contributed by atoms with E-state index in [0.29, 0.717) is 19.0 Å². The summed E-state index contributed by atoms with van der Waals surface area (Å²) in [4.78, 5) is 0. The van der Waals surface area contributed by atoms with Crippen LogP contribution in [0.4, 0.5) is 5.82 Å². The lowest BCUT2D eigenvalue weighted by Gasteiger charge is -2.20. The summed E-state index contributed by atoms with van der Waals surface area (Å²) in [6.07, 6.45) is 0. The van der Waals surface area contributed by atoms with Crippen molar-refractivity contribution in [2.45, 2.75) is 13.8 Å². The fourth-order valence-corrected chi connectivity index (χ4v) is 2.43. The van der Waals surface area contributed by atoms with Crippen LogP contribution in [0.2, 0.25) is 0 Å². The molecule has 100 valence electrons. The zero-order chi connectivity index (χ0) is 13.6. The molecule has 0 fully saturated rings. The van der Waals surface area contributed by atoms with Crippen molar-refractivity contribution < 1.29 is 9.47 Å². The fraction of sp³-hybridized carbons (Fsp3) is 0.357. The molecule has 0 aliphatic carbocycles. The summed E-state index contributed by atoms with van der Waals surface area (Å²) in [6, 6.07) is 3.99. The Bertz CT molecular complexity index is 647. The maximum atomic E-state index is 6.02. The second kappa shape index (κ2) is 4.19. The van der Waals surface area contributed by atoms with Crippen LogP contribution in [0.3, 0.4) is 0 Å². The Morgan fingerprint density at radius 2 is 1.79 bits per heavy atom. The van der Waals surface area contributed by atoms with Gasteiger partial charge in [-0.1, -0.05) is 0 Å². The predicted octanol–water partition coefficient (Wildman–Crippen LogP) is 2.06. The van der Waals surface area contributed by atoms with Gasteiger partial charge in [0.05, 0.1) is 0 Å². The van der Waals surface area contributed by atoms with E-state index in [-0.39, 0.29) is 0 Å². The topological polar surface area (TPSA) is 62.3 Å². The number of rotatable bonds is 1. The van der Waals surface area contributed by atoms with Gasteiger partial charge in [0, 0.05) is 18.3 Å². The molecular formula is C14H17N3O2. The quantitative estimate of drug-likeness (QED) is 0.851. The molecule has 0 saturated heterocycles. The minimum atomic E-state index is 0.541. The molecule has 2 aromatic rings. The van der Waals surface area contributed by atoms with Crippen LogP contribution in [0.25, 0.3) is 11.1 Å². The molecule has 2 N–H and O–H groups in total. The number of hydrogen-bond donors (Lipinski definition) is 1. The summed E-state index contributed by atoms with van der Waals surface area (Å²) in [7, 11) is 1.89. The summed E-state index contributed by atoms with van der Waals surface area (Å²) < 4.78 is 13.0. The van der Waals surface area contributed by atoms with Gasteiger partial charge in [-0.25, -0.2) is 0 Å². The second-order valence-corrected chi connectivity index (χ2v) is 4.78. The molecule has 19 heavy (non-hydrogen) atoms. The highest BCUT2D eigenvalue weighted by Crippen LogP contribution is 2.39. The first kappa shape index (κ1) is 11.9. The van der Waals surface area contributed by atoms with Gasteiger partial charge in [-0.15, -0.1) is 0 Å². The SMILES string of the molecule is Cc1cc2c(cc1-c1c(N)nn(C)c1C)OCCO2. The van der Waals surface area contributed by atoms with Gasteiger partial charge in [-0.2, -0.15) is 5.10 Å². The average Bonchev–Trinajstić information content (AvgIpc) is 2.63. The van der Waals surface area contributed by atoms with E-state index >= 15 is 0 Å². The molecule has 3 rings (SSSR count). The third-order valence-corrected chi connectivity index (χ3v) is 3.52. The van der Waals surface area contributed by atoms with Gasteiger partial charge in [-0.3, -0.25) is 4.68 Å². The summed E-state index contributed by atoms with van der Waals surface area (Å²) in [5.74, 6) is 2.11. The second-order valence-electron chi connectivity index (χ2n) is 4.78. The Morgan fingerprint density at radius 3 is 2.37 bits per heavy atom. The van der Waals surface area contributed by atoms with Gasteiger partial charge >= 0.3 is 0 Å². The minimum Gasteiger partial charge on any atom is -0.486 e. The first-order chi connectivity index (χ1) is 9.08. The van der Waals surface area contributed by atoms with Gasteiger partial charge in [-0.05, 0) is 37.1 Å². The largest absolute Gasteiger partial charge is 0.486 e. The molecule has 2 heterocycles. The summed E-state index contributed by atoms with van der Waals surface area (Å²) in [6.45, 7) is 5.23. The number of ether oxygens (including phenoxy) is 2. The van der Waals surface area contributed by atoms with Crippen molar-refractivity contribution in [1.82, 2.24) is 9.78 Å². The molecular weight excluding hydrogens is 242 g/mol. The third kappa shape index (κ3) is 1.82. The molecule has 1 aliphatic heterocycles. The highest BCUT2D eigenvalue weighted by molar-refractivity contribution is 5.80. The van der Waals surface area contributed by atoms with Crippen LogP contribution in [-0.4, -0.2) is 23.0 Å². The van der Waals surface area contributed by atoms with Crippen molar-refractivity contribution in [2.75, 3.05) is 18.9 Å². The molecule has 1 aliphatic rings. The first-order valence-corrected chi connectivity index (χ1v) is 6.27. The average molecular weight is 259 g/mol. The van der Waals surface area contributed by atoms with Crippen molar-refractivity contribution in [3.05, 3.63) is 23.4 Å². The normalized spacial score (nSPS) is 13.6. The van der Waals surface area contributed by atoms with Crippen LogP contribution in [0.5, 0.6) is 11.5 Å². The van der Waals surface area contributed by atoms with E-state index in [4.69, 9.17) is 15.2 Å². The highest BCUT2D eigenvalue weighted by Gasteiger charge is 2.19. The van der Waals surface area contributed by atoms with Crippen molar-refractivity contribution in [1.29, 1.82) is 0 Å². The number of aryl methyl sites for hydroxylation is 2. The van der Waals surface area contributed by atoms with E-state index in [1.54, 1.807) is 4.68 Å². The molecule has 0 radical (unpaired) electrons. The smallest absolute Gasteiger partial charge is 0.162 e. The summed E-state index contributed by atoms with van der Waals surface area (Å²) in [5, 5.41) is 4.26. The summed E-state index contributed by atoms with van der Waals surface area (Å²) >= 11 is 0. The zero-order valence-corrected chi connectivity index (χ0v) is 11.4. The van der Waals surface area contributed by atoms with Crippen LogP contribution in [0, 0.1) is 13.8 Å². The van der Waals surface area contributed by atoms with Gasteiger partial charge in [0.15, 0.2) is 17.3 Å². The highest BCUT2D eigenvalue weighted by atomic mass is 16.6. The standard InChI is InChI=1S/C14H17N3O2/c1-8-6-11-12(19-5-4-18-11)7-10(8)13-9(2)17(3)16-14(13)15/h6-7H,4-5H2,1-3H3,(H2,15,16). The monoisotopic (exact) mass is 259 g/mol. The lowest BCUT2D eigenvalue weighted by molar-refractivity contribution is 0.171. The summed E-state index contributed by atoms with van der Waals surface area (Å²) in [5.41, 5.74) is 10.2. The third-order valence-electron chi connectivity index (χ3n) is 3.52. The number of anilines is 1. The van der Waals surface area contributed by atoms with Crippen LogP contribution in [0.15, 0.2) is 12.1 Å². The minimum absolute atomic E-state index is 0.541.